The Kier molecular flexibility index (Phi) is 6.28. The first kappa shape index (κ1) is 16.0. The third-order valence-electron chi connectivity index (χ3n) is 3.06. The molecule has 0 bridgehead atoms. The van der Waals surface area contributed by atoms with Crippen molar-refractivity contribution in [2.24, 2.45) is 5.92 Å². The summed E-state index contributed by atoms with van der Waals surface area (Å²) < 4.78 is 0.814. The van der Waals surface area contributed by atoms with Crippen molar-refractivity contribution < 1.29 is 4.79 Å². The first-order chi connectivity index (χ1) is 8.99. The molecular formula is C14H22BrN3O. The zero-order valence-electron chi connectivity index (χ0n) is 12.0. The molecule has 1 amide bonds. The van der Waals surface area contributed by atoms with Crippen molar-refractivity contribution in [1.29, 1.82) is 0 Å². The van der Waals surface area contributed by atoms with E-state index in [-0.39, 0.29) is 5.91 Å². The minimum Gasteiger partial charge on any atom is -0.370 e. The van der Waals surface area contributed by atoms with E-state index in [0.29, 0.717) is 17.3 Å². The summed E-state index contributed by atoms with van der Waals surface area (Å²) in [5, 5.41) is 3.13. The number of carbonyl (C=O) groups is 1. The number of amides is 1. The minimum absolute atomic E-state index is 0.00468. The number of hydrogen-bond acceptors (Lipinski definition) is 3. The molecule has 106 valence electrons. The quantitative estimate of drug-likeness (QED) is 0.871. The summed E-state index contributed by atoms with van der Waals surface area (Å²) in [5.74, 6) is 1.15. The number of halogens is 1. The van der Waals surface area contributed by atoms with Crippen molar-refractivity contribution in [3.63, 3.8) is 0 Å². The lowest BCUT2D eigenvalue weighted by molar-refractivity contribution is 0.0775. The predicted octanol–water partition coefficient (Wildman–Crippen LogP) is 3.39. The van der Waals surface area contributed by atoms with Crippen molar-refractivity contribution in [3.8, 4) is 0 Å². The molecule has 0 aromatic carbocycles. The molecule has 0 aliphatic carbocycles. The monoisotopic (exact) mass is 327 g/mol. The van der Waals surface area contributed by atoms with Gasteiger partial charge in [0.1, 0.15) is 5.82 Å². The lowest BCUT2D eigenvalue weighted by atomic mass is 10.1. The highest BCUT2D eigenvalue weighted by Crippen LogP contribution is 2.20. The molecule has 1 atom stereocenters. The molecule has 1 unspecified atom stereocenters. The highest BCUT2D eigenvalue weighted by atomic mass is 79.9. The maximum Gasteiger partial charge on any atom is 0.257 e. The molecule has 1 aromatic rings. The average Bonchev–Trinajstić information content (AvgIpc) is 2.39. The van der Waals surface area contributed by atoms with Crippen LogP contribution in [0.4, 0.5) is 5.82 Å². The average molecular weight is 328 g/mol. The van der Waals surface area contributed by atoms with Crippen LogP contribution in [0.5, 0.6) is 0 Å². The van der Waals surface area contributed by atoms with Crippen LogP contribution < -0.4 is 5.32 Å². The van der Waals surface area contributed by atoms with E-state index in [1.807, 2.05) is 20.0 Å². The van der Waals surface area contributed by atoms with Gasteiger partial charge in [0.05, 0.1) is 5.56 Å². The molecule has 0 aliphatic heterocycles. The van der Waals surface area contributed by atoms with E-state index in [0.717, 1.165) is 24.0 Å². The fourth-order valence-corrected chi connectivity index (χ4v) is 2.13. The van der Waals surface area contributed by atoms with Gasteiger partial charge in [-0.1, -0.05) is 20.3 Å². The zero-order chi connectivity index (χ0) is 14.4. The molecule has 5 heteroatoms. The van der Waals surface area contributed by atoms with Gasteiger partial charge in [0.15, 0.2) is 0 Å². The van der Waals surface area contributed by atoms with E-state index >= 15 is 0 Å². The van der Waals surface area contributed by atoms with E-state index < -0.39 is 0 Å². The topological polar surface area (TPSA) is 45.2 Å². The van der Waals surface area contributed by atoms with Crippen LogP contribution in [-0.2, 0) is 0 Å². The number of rotatable bonds is 6. The lowest BCUT2D eigenvalue weighted by Gasteiger charge is -2.22. The van der Waals surface area contributed by atoms with Gasteiger partial charge < -0.3 is 10.2 Å². The van der Waals surface area contributed by atoms with Gasteiger partial charge in [-0.3, -0.25) is 4.79 Å². The number of aromatic nitrogens is 1. The Balaban J connectivity index is 2.94. The molecule has 1 rings (SSSR count). The molecule has 4 nitrogen and oxygen atoms in total. The van der Waals surface area contributed by atoms with Crippen molar-refractivity contribution in [2.45, 2.75) is 27.2 Å². The van der Waals surface area contributed by atoms with Crippen LogP contribution in [0, 0.1) is 5.92 Å². The number of carbonyl (C=O) groups excluding carboxylic acids is 1. The Bertz CT molecular complexity index is 437. The smallest absolute Gasteiger partial charge is 0.257 e. The summed E-state index contributed by atoms with van der Waals surface area (Å²) in [6, 6.07) is 1.82. The molecular weight excluding hydrogens is 306 g/mol. The molecule has 1 aromatic heterocycles. The van der Waals surface area contributed by atoms with Crippen LogP contribution in [0.1, 0.15) is 37.6 Å². The van der Waals surface area contributed by atoms with E-state index in [9.17, 15) is 4.79 Å². The van der Waals surface area contributed by atoms with E-state index in [4.69, 9.17) is 0 Å². The standard InChI is InChI=1S/C14H22BrN3O/c1-5-10(3)9-18(4)14(19)12-7-11(15)8-17-13(12)16-6-2/h7-8,10H,5-6,9H2,1-4H3,(H,16,17). The van der Waals surface area contributed by atoms with Crippen LogP contribution in [-0.4, -0.2) is 35.9 Å². The Morgan fingerprint density at radius 3 is 2.79 bits per heavy atom. The molecule has 1 N–H and O–H groups in total. The molecule has 0 fully saturated rings. The molecule has 0 spiro atoms. The van der Waals surface area contributed by atoms with Gasteiger partial charge in [0, 0.05) is 30.8 Å². The number of pyridine rings is 1. The molecule has 0 saturated carbocycles. The molecule has 1 heterocycles. The van der Waals surface area contributed by atoms with Crippen molar-refractivity contribution in [3.05, 3.63) is 22.3 Å². The third-order valence-corrected chi connectivity index (χ3v) is 3.49. The Morgan fingerprint density at radius 1 is 1.53 bits per heavy atom. The minimum atomic E-state index is 0.00468. The first-order valence-electron chi connectivity index (χ1n) is 6.64. The second-order valence-corrected chi connectivity index (χ2v) is 5.69. The summed E-state index contributed by atoms with van der Waals surface area (Å²) in [6.07, 6.45) is 2.76. The van der Waals surface area contributed by atoms with Crippen LogP contribution in [0.3, 0.4) is 0 Å². The van der Waals surface area contributed by atoms with Gasteiger partial charge in [-0.15, -0.1) is 0 Å². The van der Waals surface area contributed by atoms with Gasteiger partial charge >= 0.3 is 0 Å². The number of nitrogens with one attached hydrogen (secondary N) is 1. The van der Waals surface area contributed by atoms with Gasteiger partial charge in [0.25, 0.3) is 5.91 Å². The van der Waals surface area contributed by atoms with Gasteiger partial charge in [-0.05, 0) is 34.8 Å². The van der Waals surface area contributed by atoms with Gasteiger partial charge in [0.2, 0.25) is 0 Å². The highest BCUT2D eigenvalue weighted by Gasteiger charge is 2.18. The van der Waals surface area contributed by atoms with E-state index in [1.54, 1.807) is 11.1 Å². The predicted molar refractivity (Wildman–Crippen MR) is 82.5 cm³/mol. The van der Waals surface area contributed by atoms with Gasteiger partial charge in [-0.2, -0.15) is 0 Å². The SMILES string of the molecule is CCNc1ncc(Br)cc1C(=O)N(C)CC(C)CC. The summed E-state index contributed by atoms with van der Waals surface area (Å²) in [6.45, 7) is 7.76. The van der Waals surface area contributed by atoms with Gasteiger partial charge in [-0.25, -0.2) is 4.98 Å². The highest BCUT2D eigenvalue weighted by molar-refractivity contribution is 9.10. The summed E-state index contributed by atoms with van der Waals surface area (Å²) in [7, 11) is 1.84. The van der Waals surface area contributed by atoms with Crippen molar-refractivity contribution >= 4 is 27.7 Å². The zero-order valence-corrected chi connectivity index (χ0v) is 13.6. The number of nitrogens with zero attached hydrogens (tertiary/aromatic N) is 2. The Labute approximate surface area is 123 Å². The molecule has 0 aliphatic rings. The maximum atomic E-state index is 12.5. The normalized spacial score (nSPS) is 12.1. The Hall–Kier alpha value is -1.10. The van der Waals surface area contributed by atoms with Crippen LogP contribution >= 0.6 is 15.9 Å². The number of hydrogen-bond donors (Lipinski definition) is 1. The molecule has 19 heavy (non-hydrogen) atoms. The summed E-state index contributed by atoms with van der Waals surface area (Å²) in [4.78, 5) is 18.5. The Morgan fingerprint density at radius 2 is 2.21 bits per heavy atom. The molecule has 0 saturated heterocycles. The summed E-state index contributed by atoms with van der Waals surface area (Å²) >= 11 is 3.37. The van der Waals surface area contributed by atoms with Crippen LogP contribution in [0.15, 0.2) is 16.7 Å². The lowest BCUT2D eigenvalue weighted by Crippen LogP contribution is -2.31. The van der Waals surface area contributed by atoms with E-state index in [1.165, 1.54) is 0 Å². The van der Waals surface area contributed by atoms with Crippen LogP contribution in [0.25, 0.3) is 0 Å². The fraction of sp³-hybridized carbons (Fsp3) is 0.571. The second-order valence-electron chi connectivity index (χ2n) is 4.78. The maximum absolute atomic E-state index is 12.5. The van der Waals surface area contributed by atoms with Crippen molar-refractivity contribution in [2.75, 3.05) is 25.5 Å². The molecule has 0 radical (unpaired) electrons. The number of anilines is 1. The fourth-order valence-electron chi connectivity index (χ4n) is 1.80. The van der Waals surface area contributed by atoms with Crippen LogP contribution in [0.2, 0.25) is 0 Å². The third kappa shape index (κ3) is 4.49. The second kappa shape index (κ2) is 7.48. The summed E-state index contributed by atoms with van der Waals surface area (Å²) in [5.41, 5.74) is 0.613. The largest absolute Gasteiger partial charge is 0.370 e. The van der Waals surface area contributed by atoms with Crippen molar-refractivity contribution in [1.82, 2.24) is 9.88 Å². The van der Waals surface area contributed by atoms with E-state index in [2.05, 4.69) is 40.1 Å². The first-order valence-corrected chi connectivity index (χ1v) is 7.43.